The minimum Gasteiger partial charge on any atom is -0.380 e. The summed E-state index contributed by atoms with van der Waals surface area (Å²) in [5.41, 5.74) is 4.10. The van der Waals surface area contributed by atoms with Crippen molar-refractivity contribution in [3.63, 3.8) is 0 Å². The molecule has 0 fully saturated rings. The topological polar surface area (TPSA) is 35.8 Å². The van der Waals surface area contributed by atoms with Gasteiger partial charge >= 0.3 is 0 Å². The van der Waals surface area contributed by atoms with Crippen LogP contribution < -0.4 is 5.32 Å². The molecule has 2 aromatic carbocycles. The van der Waals surface area contributed by atoms with Crippen molar-refractivity contribution in [1.82, 2.24) is 0 Å². The summed E-state index contributed by atoms with van der Waals surface area (Å²) in [6.07, 6.45) is 0. The van der Waals surface area contributed by atoms with Gasteiger partial charge in [0, 0.05) is 6.54 Å². The van der Waals surface area contributed by atoms with Crippen LogP contribution in [0.15, 0.2) is 42.5 Å². The van der Waals surface area contributed by atoms with E-state index >= 15 is 0 Å². The summed E-state index contributed by atoms with van der Waals surface area (Å²) >= 11 is 6.15. The van der Waals surface area contributed by atoms with Crippen LogP contribution in [0.3, 0.4) is 0 Å². The lowest BCUT2D eigenvalue weighted by Gasteiger charge is -2.19. The smallest absolute Gasteiger partial charge is 0.0992 e. The summed E-state index contributed by atoms with van der Waals surface area (Å²) < 4.78 is 0. The van der Waals surface area contributed by atoms with Gasteiger partial charge in [-0.25, -0.2) is 0 Å². The molecule has 0 saturated carbocycles. The van der Waals surface area contributed by atoms with Gasteiger partial charge in [-0.3, -0.25) is 0 Å². The van der Waals surface area contributed by atoms with Crippen LogP contribution in [0.25, 0.3) is 0 Å². The van der Waals surface area contributed by atoms with Gasteiger partial charge in [-0.1, -0.05) is 56.6 Å². The zero-order valence-electron chi connectivity index (χ0n) is 12.6. The standard InChI is InChI=1S/C18H19ClN2/c1-18(2,3)15-7-4-13(5-8-15)12-21-17-9-6-14(11-20)10-16(17)19/h4-10,21H,12H2,1-3H3. The molecule has 0 aliphatic heterocycles. The average molecular weight is 299 g/mol. The molecule has 1 N–H and O–H groups in total. The maximum absolute atomic E-state index is 8.82. The van der Waals surface area contributed by atoms with Gasteiger partial charge in [-0.2, -0.15) is 5.26 Å². The van der Waals surface area contributed by atoms with Gasteiger partial charge in [0.05, 0.1) is 22.3 Å². The number of anilines is 1. The lowest BCUT2D eigenvalue weighted by Crippen LogP contribution is -2.11. The van der Waals surface area contributed by atoms with Gasteiger partial charge in [0.2, 0.25) is 0 Å². The fraction of sp³-hybridized carbons (Fsp3) is 0.278. The van der Waals surface area contributed by atoms with Crippen LogP contribution >= 0.6 is 11.6 Å². The molecule has 0 radical (unpaired) electrons. The molecule has 2 aromatic rings. The first-order valence-corrected chi connectivity index (χ1v) is 7.31. The van der Waals surface area contributed by atoms with Crippen LogP contribution in [0.1, 0.15) is 37.5 Å². The van der Waals surface area contributed by atoms with Crippen molar-refractivity contribution in [1.29, 1.82) is 5.26 Å². The first kappa shape index (κ1) is 15.4. The van der Waals surface area contributed by atoms with E-state index in [4.69, 9.17) is 16.9 Å². The number of halogens is 1. The van der Waals surface area contributed by atoms with Crippen molar-refractivity contribution in [3.05, 3.63) is 64.2 Å². The highest BCUT2D eigenvalue weighted by molar-refractivity contribution is 6.33. The Bertz CT molecular complexity index is 661. The Hall–Kier alpha value is -1.98. The summed E-state index contributed by atoms with van der Waals surface area (Å²) in [6, 6.07) is 15.9. The highest BCUT2D eigenvalue weighted by Crippen LogP contribution is 2.25. The second-order valence-electron chi connectivity index (χ2n) is 6.11. The lowest BCUT2D eigenvalue weighted by atomic mass is 9.87. The van der Waals surface area contributed by atoms with Crippen LogP contribution in [0.2, 0.25) is 5.02 Å². The maximum atomic E-state index is 8.82. The van der Waals surface area contributed by atoms with E-state index in [1.807, 2.05) is 6.07 Å². The van der Waals surface area contributed by atoms with Crippen LogP contribution in [0.4, 0.5) is 5.69 Å². The Labute approximate surface area is 131 Å². The van der Waals surface area contributed by atoms with E-state index in [0.29, 0.717) is 17.1 Å². The summed E-state index contributed by atoms with van der Waals surface area (Å²) in [6.45, 7) is 7.32. The molecule has 0 amide bonds. The number of benzene rings is 2. The van der Waals surface area contributed by atoms with E-state index in [1.54, 1.807) is 12.1 Å². The van der Waals surface area contributed by atoms with Crippen LogP contribution in [0, 0.1) is 11.3 Å². The number of rotatable bonds is 3. The number of nitrogens with one attached hydrogen (secondary N) is 1. The number of hydrogen-bond acceptors (Lipinski definition) is 2. The van der Waals surface area contributed by atoms with Gasteiger partial charge in [0.15, 0.2) is 0 Å². The van der Waals surface area contributed by atoms with Crippen molar-refractivity contribution in [3.8, 4) is 6.07 Å². The van der Waals surface area contributed by atoms with Gasteiger partial charge in [0.1, 0.15) is 0 Å². The van der Waals surface area contributed by atoms with Gasteiger partial charge in [-0.05, 0) is 34.7 Å². The van der Waals surface area contributed by atoms with E-state index in [2.05, 4.69) is 56.4 Å². The molecule has 0 heterocycles. The highest BCUT2D eigenvalue weighted by Gasteiger charge is 2.12. The first-order chi connectivity index (χ1) is 9.90. The summed E-state index contributed by atoms with van der Waals surface area (Å²) in [5, 5.41) is 12.7. The third-order valence-electron chi connectivity index (χ3n) is 3.40. The molecule has 0 aromatic heterocycles. The van der Waals surface area contributed by atoms with Crippen molar-refractivity contribution < 1.29 is 0 Å². The molecule has 108 valence electrons. The molecule has 0 bridgehead atoms. The molecule has 0 aliphatic rings. The fourth-order valence-corrected chi connectivity index (χ4v) is 2.30. The second kappa shape index (κ2) is 6.20. The Morgan fingerprint density at radius 3 is 2.29 bits per heavy atom. The maximum Gasteiger partial charge on any atom is 0.0992 e. The first-order valence-electron chi connectivity index (χ1n) is 6.93. The number of hydrogen-bond donors (Lipinski definition) is 1. The van der Waals surface area contributed by atoms with E-state index in [-0.39, 0.29) is 5.41 Å². The van der Waals surface area contributed by atoms with Crippen molar-refractivity contribution in [2.75, 3.05) is 5.32 Å². The van der Waals surface area contributed by atoms with Crippen molar-refractivity contribution >= 4 is 17.3 Å². The van der Waals surface area contributed by atoms with Gasteiger partial charge in [0.25, 0.3) is 0 Å². The second-order valence-corrected chi connectivity index (χ2v) is 6.51. The van der Waals surface area contributed by atoms with Crippen LogP contribution in [0.5, 0.6) is 0 Å². The van der Waals surface area contributed by atoms with E-state index in [0.717, 1.165) is 5.69 Å². The molecule has 21 heavy (non-hydrogen) atoms. The molecular weight excluding hydrogens is 280 g/mol. The zero-order chi connectivity index (χ0) is 15.5. The summed E-state index contributed by atoms with van der Waals surface area (Å²) in [4.78, 5) is 0. The molecular formula is C18H19ClN2. The third-order valence-corrected chi connectivity index (χ3v) is 3.71. The minimum absolute atomic E-state index is 0.169. The SMILES string of the molecule is CC(C)(C)c1ccc(CNc2ccc(C#N)cc2Cl)cc1. The van der Waals surface area contributed by atoms with Crippen LogP contribution in [-0.4, -0.2) is 0 Å². The molecule has 0 aliphatic carbocycles. The lowest BCUT2D eigenvalue weighted by molar-refractivity contribution is 0.590. The summed E-state index contributed by atoms with van der Waals surface area (Å²) in [7, 11) is 0. The molecule has 0 spiro atoms. The normalized spacial score (nSPS) is 11.0. The summed E-state index contributed by atoms with van der Waals surface area (Å²) in [5.74, 6) is 0. The monoisotopic (exact) mass is 298 g/mol. The zero-order valence-corrected chi connectivity index (χ0v) is 13.3. The highest BCUT2D eigenvalue weighted by atomic mass is 35.5. The van der Waals surface area contributed by atoms with E-state index in [1.165, 1.54) is 11.1 Å². The molecule has 0 saturated heterocycles. The Kier molecular flexibility index (Phi) is 4.55. The van der Waals surface area contributed by atoms with Crippen molar-refractivity contribution in [2.24, 2.45) is 0 Å². The number of nitriles is 1. The molecule has 3 heteroatoms. The predicted molar refractivity (Wildman–Crippen MR) is 88.6 cm³/mol. The van der Waals surface area contributed by atoms with Gasteiger partial charge < -0.3 is 5.32 Å². The largest absolute Gasteiger partial charge is 0.380 e. The van der Waals surface area contributed by atoms with Crippen LogP contribution in [-0.2, 0) is 12.0 Å². The van der Waals surface area contributed by atoms with Crippen molar-refractivity contribution in [2.45, 2.75) is 32.7 Å². The average Bonchev–Trinajstić information content (AvgIpc) is 2.45. The Morgan fingerprint density at radius 2 is 1.76 bits per heavy atom. The Balaban J connectivity index is 2.05. The minimum atomic E-state index is 0.169. The number of nitrogens with zero attached hydrogens (tertiary/aromatic N) is 1. The van der Waals surface area contributed by atoms with Gasteiger partial charge in [-0.15, -0.1) is 0 Å². The molecule has 0 atom stereocenters. The fourth-order valence-electron chi connectivity index (χ4n) is 2.05. The quantitative estimate of drug-likeness (QED) is 0.853. The predicted octanol–water partition coefficient (Wildman–Crippen LogP) is 5.12. The third kappa shape index (κ3) is 4.00. The molecule has 0 unspecified atom stereocenters. The van der Waals surface area contributed by atoms with E-state index in [9.17, 15) is 0 Å². The Morgan fingerprint density at radius 1 is 1.10 bits per heavy atom. The molecule has 2 rings (SSSR count). The van der Waals surface area contributed by atoms with E-state index < -0.39 is 0 Å². The molecule has 2 nitrogen and oxygen atoms in total.